The maximum atomic E-state index is 13.7. The van der Waals surface area contributed by atoms with Gasteiger partial charge in [-0.3, -0.25) is 4.79 Å². The number of halogens is 4. The molecule has 0 spiro atoms. The van der Waals surface area contributed by atoms with Gasteiger partial charge in [-0.25, -0.2) is 4.79 Å². The highest BCUT2D eigenvalue weighted by Crippen LogP contribution is 2.44. The molecule has 3 atom stereocenters. The quantitative estimate of drug-likeness (QED) is 0.636. The lowest BCUT2D eigenvalue weighted by molar-refractivity contribution is -0.287. The lowest BCUT2D eigenvalue weighted by atomic mass is 9.77. The van der Waals surface area contributed by atoms with Crippen LogP contribution in [0.25, 0.3) is 0 Å². The molecule has 3 N–H and O–H groups in total. The summed E-state index contributed by atoms with van der Waals surface area (Å²) in [5.74, 6) is -2.98. The van der Waals surface area contributed by atoms with Crippen LogP contribution in [0.4, 0.5) is 18.0 Å². The van der Waals surface area contributed by atoms with Gasteiger partial charge in [0.25, 0.3) is 0 Å². The summed E-state index contributed by atoms with van der Waals surface area (Å²) in [6, 6.07) is 10.8. The molecule has 5 nitrogen and oxygen atoms in total. The summed E-state index contributed by atoms with van der Waals surface area (Å²) in [5.41, 5.74) is -3.48. The normalized spacial score (nSPS) is 25.4. The second-order valence-corrected chi connectivity index (χ2v) is 7.02. The average Bonchev–Trinajstić information content (AvgIpc) is 2.61. The van der Waals surface area contributed by atoms with E-state index in [0.29, 0.717) is 4.47 Å². The summed E-state index contributed by atoms with van der Waals surface area (Å²) in [7, 11) is 0. The van der Waals surface area contributed by atoms with Crippen molar-refractivity contribution >= 4 is 27.7 Å². The summed E-state index contributed by atoms with van der Waals surface area (Å²) in [4.78, 5) is 24.8. The molecule has 1 aliphatic heterocycles. The zero-order valence-electron chi connectivity index (χ0n) is 13.6. The molecular weight excluding hydrogens is 429 g/mol. The van der Waals surface area contributed by atoms with Gasteiger partial charge in [0.15, 0.2) is 5.78 Å². The number of amides is 2. The van der Waals surface area contributed by atoms with Crippen molar-refractivity contribution in [3.05, 3.63) is 70.2 Å². The third-order valence-electron chi connectivity index (χ3n) is 4.38. The minimum absolute atomic E-state index is 0.00904. The fraction of sp³-hybridized carbons (Fsp3) is 0.222. The molecule has 9 heteroatoms. The first-order valence-electron chi connectivity index (χ1n) is 7.86. The molecule has 0 bridgehead atoms. The SMILES string of the molecule is O=C1N[C@H](c2ccc(Br)cc2)[C@@H](C(=O)c2ccccc2)[C@@](O)(C(F)(F)F)N1. The first-order valence-corrected chi connectivity index (χ1v) is 8.65. The Labute approximate surface area is 160 Å². The van der Waals surface area contributed by atoms with Crippen molar-refractivity contribution in [2.45, 2.75) is 17.9 Å². The first kappa shape index (κ1) is 19.4. The minimum atomic E-state index is -5.27. The van der Waals surface area contributed by atoms with E-state index in [1.807, 2.05) is 0 Å². The third-order valence-corrected chi connectivity index (χ3v) is 4.90. The predicted molar refractivity (Wildman–Crippen MR) is 93.8 cm³/mol. The van der Waals surface area contributed by atoms with Gasteiger partial charge in [-0.15, -0.1) is 0 Å². The van der Waals surface area contributed by atoms with Crippen molar-refractivity contribution < 1.29 is 27.9 Å². The van der Waals surface area contributed by atoms with Gasteiger partial charge in [0.1, 0.15) is 5.92 Å². The first-order chi connectivity index (χ1) is 12.6. The number of aliphatic hydroxyl groups is 1. The van der Waals surface area contributed by atoms with Crippen molar-refractivity contribution in [2.24, 2.45) is 5.92 Å². The Morgan fingerprint density at radius 1 is 1.07 bits per heavy atom. The van der Waals surface area contributed by atoms with Crippen LogP contribution >= 0.6 is 15.9 Å². The number of rotatable bonds is 3. The number of hydrogen-bond acceptors (Lipinski definition) is 3. The van der Waals surface area contributed by atoms with Crippen LogP contribution in [0.2, 0.25) is 0 Å². The molecule has 2 aromatic rings. The molecule has 0 radical (unpaired) electrons. The lowest BCUT2D eigenvalue weighted by Gasteiger charge is -2.45. The molecule has 1 heterocycles. The summed E-state index contributed by atoms with van der Waals surface area (Å²) in [6.07, 6.45) is -5.27. The number of Topliss-reactive ketones (excluding diaryl/α,β-unsaturated/α-hetero) is 1. The van der Waals surface area contributed by atoms with Gasteiger partial charge in [-0.1, -0.05) is 58.4 Å². The Bertz CT molecular complexity index is 858. The predicted octanol–water partition coefficient (Wildman–Crippen LogP) is 3.55. The van der Waals surface area contributed by atoms with Crippen LogP contribution in [0.3, 0.4) is 0 Å². The van der Waals surface area contributed by atoms with Crippen molar-refractivity contribution in [1.82, 2.24) is 10.6 Å². The highest BCUT2D eigenvalue weighted by atomic mass is 79.9. The van der Waals surface area contributed by atoms with E-state index >= 15 is 0 Å². The van der Waals surface area contributed by atoms with E-state index in [1.165, 1.54) is 41.7 Å². The molecule has 1 aliphatic rings. The Balaban J connectivity index is 2.15. The highest BCUT2D eigenvalue weighted by molar-refractivity contribution is 9.10. The van der Waals surface area contributed by atoms with Crippen LogP contribution in [-0.4, -0.2) is 28.8 Å². The summed E-state index contributed by atoms with van der Waals surface area (Å²) >= 11 is 3.22. The molecule has 1 fully saturated rings. The zero-order valence-corrected chi connectivity index (χ0v) is 15.2. The average molecular weight is 443 g/mol. The van der Waals surface area contributed by atoms with Gasteiger partial charge in [0.2, 0.25) is 5.72 Å². The maximum Gasteiger partial charge on any atom is 0.437 e. The van der Waals surface area contributed by atoms with Crippen LogP contribution in [0.1, 0.15) is 22.0 Å². The molecule has 0 unspecified atom stereocenters. The second-order valence-electron chi connectivity index (χ2n) is 6.10. The van der Waals surface area contributed by atoms with Crippen molar-refractivity contribution in [2.75, 3.05) is 0 Å². The van der Waals surface area contributed by atoms with Crippen LogP contribution in [0.5, 0.6) is 0 Å². The maximum absolute atomic E-state index is 13.7. The van der Waals surface area contributed by atoms with Gasteiger partial charge >= 0.3 is 12.2 Å². The van der Waals surface area contributed by atoms with E-state index < -0.39 is 35.7 Å². The molecule has 1 saturated heterocycles. The minimum Gasteiger partial charge on any atom is -0.363 e. The monoisotopic (exact) mass is 442 g/mol. The van der Waals surface area contributed by atoms with Crippen LogP contribution < -0.4 is 10.6 Å². The summed E-state index contributed by atoms with van der Waals surface area (Å²) in [6.45, 7) is 0. The number of benzene rings is 2. The number of ketones is 1. The van der Waals surface area contributed by atoms with Gasteiger partial charge in [0, 0.05) is 10.0 Å². The van der Waals surface area contributed by atoms with Crippen molar-refractivity contribution in [1.29, 1.82) is 0 Å². The standard InChI is InChI=1S/C18H14BrF3N2O3/c19-12-8-6-10(7-9-12)14-13(15(25)11-4-2-1-3-5-11)17(27,18(20,21)22)24-16(26)23-14/h1-9,13-14,27H,(H2,23,24,26)/t13-,14+,17+/m0/s1. The van der Waals surface area contributed by atoms with Gasteiger partial charge < -0.3 is 15.7 Å². The lowest BCUT2D eigenvalue weighted by Crippen LogP contribution is -2.72. The van der Waals surface area contributed by atoms with Gasteiger partial charge in [-0.05, 0) is 17.7 Å². The number of nitrogens with one attached hydrogen (secondary N) is 2. The largest absolute Gasteiger partial charge is 0.437 e. The molecule has 0 aliphatic carbocycles. The number of carbonyl (C=O) groups is 2. The van der Waals surface area contributed by atoms with Crippen molar-refractivity contribution in [3.63, 3.8) is 0 Å². The molecule has 142 valence electrons. The third kappa shape index (κ3) is 3.57. The molecule has 0 aromatic heterocycles. The number of carbonyl (C=O) groups excluding carboxylic acids is 2. The Morgan fingerprint density at radius 3 is 2.22 bits per heavy atom. The highest BCUT2D eigenvalue weighted by Gasteiger charge is 2.66. The second kappa shape index (κ2) is 6.97. The van der Waals surface area contributed by atoms with E-state index in [4.69, 9.17) is 0 Å². The zero-order chi connectivity index (χ0) is 19.8. The Kier molecular flexibility index (Phi) is 5.00. The van der Waals surface area contributed by atoms with Gasteiger partial charge in [0.05, 0.1) is 6.04 Å². The molecular formula is C18H14BrF3N2O3. The fourth-order valence-electron chi connectivity index (χ4n) is 3.07. The molecule has 27 heavy (non-hydrogen) atoms. The molecule has 2 aromatic carbocycles. The van der Waals surface area contributed by atoms with E-state index in [1.54, 1.807) is 18.2 Å². The van der Waals surface area contributed by atoms with E-state index in [-0.39, 0.29) is 11.1 Å². The van der Waals surface area contributed by atoms with E-state index in [0.717, 1.165) is 0 Å². The summed E-state index contributed by atoms with van der Waals surface area (Å²) in [5, 5.41) is 14.3. The van der Waals surface area contributed by atoms with Gasteiger partial charge in [-0.2, -0.15) is 13.2 Å². The fourth-order valence-corrected chi connectivity index (χ4v) is 3.33. The number of urea groups is 1. The smallest absolute Gasteiger partial charge is 0.363 e. The van der Waals surface area contributed by atoms with Crippen LogP contribution in [0, 0.1) is 5.92 Å². The van der Waals surface area contributed by atoms with Crippen LogP contribution in [-0.2, 0) is 0 Å². The topological polar surface area (TPSA) is 78.4 Å². The number of hydrogen-bond donors (Lipinski definition) is 3. The number of alkyl halides is 3. The molecule has 3 rings (SSSR count). The summed E-state index contributed by atoms with van der Waals surface area (Å²) < 4.78 is 41.8. The van der Waals surface area contributed by atoms with Crippen molar-refractivity contribution in [3.8, 4) is 0 Å². The Morgan fingerprint density at radius 2 is 1.67 bits per heavy atom. The molecule has 2 amide bonds. The van der Waals surface area contributed by atoms with Crippen LogP contribution in [0.15, 0.2) is 59.1 Å². The van der Waals surface area contributed by atoms with E-state index in [2.05, 4.69) is 21.2 Å². The Hall–Kier alpha value is -2.39. The van der Waals surface area contributed by atoms with E-state index in [9.17, 15) is 27.9 Å². The molecule has 0 saturated carbocycles.